The molecule has 4 heteroatoms. The minimum absolute atomic E-state index is 0.0264. The highest BCUT2D eigenvalue weighted by molar-refractivity contribution is 5.85. The SMILES string of the molecule is CCc1ccccc1Oc1ccnc(C(=O)O)c1. The molecule has 2 rings (SSSR count). The molecule has 18 heavy (non-hydrogen) atoms. The quantitative estimate of drug-likeness (QED) is 0.896. The van der Waals surface area contributed by atoms with Gasteiger partial charge in [-0.2, -0.15) is 0 Å². The Morgan fingerprint density at radius 1 is 1.33 bits per heavy atom. The summed E-state index contributed by atoms with van der Waals surface area (Å²) in [6.45, 7) is 2.04. The molecule has 0 fully saturated rings. The van der Waals surface area contributed by atoms with Gasteiger partial charge in [-0.15, -0.1) is 0 Å². The van der Waals surface area contributed by atoms with Crippen molar-refractivity contribution in [3.8, 4) is 11.5 Å². The zero-order chi connectivity index (χ0) is 13.0. The molecule has 0 saturated carbocycles. The molecule has 0 saturated heterocycles. The second-order valence-electron chi connectivity index (χ2n) is 3.75. The van der Waals surface area contributed by atoms with Gasteiger partial charge in [0.25, 0.3) is 0 Å². The Hall–Kier alpha value is -2.36. The van der Waals surface area contributed by atoms with Crippen molar-refractivity contribution < 1.29 is 14.6 Å². The summed E-state index contributed by atoms with van der Waals surface area (Å²) in [7, 11) is 0. The number of aromatic nitrogens is 1. The third-order valence-electron chi connectivity index (χ3n) is 2.53. The molecule has 0 atom stereocenters. The Bertz CT molecular complexity index is 566. The van der Waals surface area contributed by atoms with Crippen molar-refractivity contribution in [3.63, 3.8) is 0 Å². The van der Waals surface area contributed by atoms with Crippen LogP contribution in [-0.4, -0.2) is 16.1 Å². The molecule has 0 aliphatic heterocycles. The Balaban J connectivity index is 2.28. The second kappa shape index (κ2) is 5.31. The summed E-state index contributed by atoms with van der Waals surface area (Å²) in [4.78, 5) is 14.6. The number of carboxylic acid groups (broad SMARTS) is 1. The van der Waals surface area contributed by atoms with E-state index < -0.39 is 5.97 Å². The third kappa shape index (κ3) is 2.66. The summed E-state index contributed by atoms with van der Waals surface area (Å²) in [6.07, 6.45) is 2.28. The van der Waals surface area contributed by atoms with Gasteiger partial charge in [-0.3, -0.25) is 0 Å². The number of nitrogens with zero attached hydrogens (tertiary/aromatic N) is 1. The summed E-state index contributed by atoms with van der Waals surface area (Å²) < 4.78 is 5.69. The Morgan fingerprint density at radius 2 is 2.11 bits per heavy atom. The molecule has 0 amide bonds. The smallest absolute Gasteiger partial charge is 0.354 e. The zero-order valence-electron chi connectivity index (χ0n) is 9.96. The van der Waals surface area contributed by atoms with Gasteiger partial charge in [0.2, 0.25) is 0 Å². The summed E-state index contributed by atoms with van der Waals surface area (Å²) in [5.41, 5.74) is 1.05. The average molecular weight is 243 g/mol. The molecule has 0 aliphatic carbocycles. The first-order valence-electron chi connectivity index (χ1n) is 5.66. The predicted molar refractivity (Wildman–Crippen MR) is 67.1 cm³/mol. The van der Waals surface area contributed by atoms with Gasteiger partial charge in [-0.1, -0.05) is 25.1 Å². The van der Waals surface area contributed by atoms with E-state index in [4.69, 9.17) is 9.84 Å². The largest absolute Gasteiger partial charge is 0.477 e. The van der Waals surface area contributed by atoms with Crippen LogP contribution in [0.5, 0.6) is 11.5 Å². The van der Waals surface area contributed by atoms with Gasteiger partial charge in [0.05, 0.1) is 0 Å². The van der Waals surface area contributed by atoms with Crippen molar-refractivity contribution in [2.24, 2.45) is 0 Å². The first-order chi connectivity index (χ1) is 8.70. The third-order valence-corrected chi connectivity index (χ3v) is 2.53. The first kappa shape index (κ1) is 12.1. The number of aryl methyl sites for hydroxylation is 1. The Labute approximate surface area is 105 Å². The van der Waals surface area contributed by atoms with Crippen LogP contribution in [0.3, 0.4) is 0 Å². The summed E-state index contributed by atoms with van der Waals surface area (Å²) in [6, 6.07) is 10.7. The number of ether oxygens (including phenoxy) is 1. The molecular formula is C14H13NO3. The molecule has 0 spiro atoms. The summed E-state index contributed by atoms with van der Waals surface area (Å²) in [5, 5.41) is 8.86. The van der Waals surface area contributed by atoms with E-state index in [0.29, 0.717) is 5.75 Å². The fraction of sp³-hybridized carbons (Fsp3) is 0.143. The number of rotatable bonds is 4. The molecule has 2 aromatic rings. The molecule has 4 nitrogen and oxygen atoms in total. The van der Waals surface area contributed by atoms with Gasteiger partial charge in [0.1, 0.15) is 11.5 Å². The lowest BCUT2D eigenvalue weighted by Gasteiger charge is -2.09. The maximum atomic E-state index is 10.8. The van der Waals surface area contributed by atoms with Gasteiger partial charge in [0, 0.05) is 12.3 Å². The van der Waals surface area contributed by atoms with Gasteiger partial charge in [-0.25, -0.2) is 9.78 Å². The van der Waals surface area contributed by atoms with E-state index in [-0.39, 0.29) is 5.69 Å². The van der Waals surface area contributed by atoms with Crippen LogP contribution in [0.25, 0.3) is 0 Å². The fourth-order valence-electron chi connectivity index (χ4n) is 1.61. The molecule has 0 bridgehead atoms. The van der Waals surface area contributed by atoms with Crippen LogP contribution < -0.4 is 4.74 Å². The van der Waals surface area contributed by atoms with Crippen LogP contribution in [0.4, 0.5) is 0 Å². The average Bonchev–Trinajstić information content (AvgIpc) is 2.39. The van der Waals surface area contributed by atoms with Crippen molar-refractivity contribution in [2.75, 3.05) is 0 Å². The van der Waals surface area contributed by atoms with E-state index in [9.17, 15) is 4.79 Å². The van der Waals surface area contributed by atoms with Crippen LogP contribution in [0.2, 0.25) is 0 Å². The predicted octanol–water partition coefficient (Wildman–Crippen LogP) is 3.13. The van der Waals surface area contributed by atoms with Crippen LogP contribution in [0.15, 0.2) is 42.6 Å². The first-order valence-corrected chi connectivity index (χ1v) is 5.66. The van der Waals surface area contributed by atoms with Crippen LogP contribution >= 0.6 is 0 Å². The molecule has 0 aliphatic rings. The van der Waals surface area contributed by atoms with Crippen molar-refractivity contribution in [2.45, 2.75) is 13.3 Å². The van der Waals surface area contributed by atoms with Crippen molar-refractivity contribution >= 4 is 5.97 Å². The number of carboxylic acids is 1. The minimum atomic E-state index is -1.07. The van der Waals surface area contributed by atoms with E-state index in [1.54, 1.807) is 6.07 Å². The normalized spacial score (nSPS) is 10.1. The topological polar surface area (TPSA) is 59.4 Å². The lowest BCUT2D eigenvalue weighted by atomic mass is 10.1. The molecular weight excluding hydrogens is 230 g/mol. The molecule has 92 valence electrons. The molecule has 1 aromatic carbocycles. The number of hydrogen-bond acceptors (Lipinski definition) is 3. The minimum Gasteiger partial charge on any atom is -0.477 e. The van der Waals surface area contributed by atoms with E-state index in [1.807, 2.05) is 31.2 Å². The maximum Gasteiger partial charge on any atom is 0.354 e. The lowest BCUT2D eigenvalue weighted by molar-refractivity contribution is 0.0690. The number of aromatic carboxylic acids is 1. The van der Waals surface area contributed by atoms with Gasteiger partial charge in [0.15, 0.2) is 5.69 Å². The highest BCUT2D eigenvalue weighted by Gasteiger charge is 2.07. The number of carbonyl (C=O) groups is 1. The monoisotopic (exact) mass is 243 g/mol. The summed E-state index contributed by atoms with van der Waals surface area (Å²) in [5.74, 6) is 0.148. The molecule has 1 heterocycles. The summed E-state index contributed by atoms with van der Waals surface area (Å²) >= 11 is 0. The number of hydrogen-bond donors (Lipinski definition) is 1. The zero-order valence-corrected chi connectivity index (χ0v) is 9.96. The molecule has 1 N–H and O–H groups in total. The lowest BCUT2D eigenvalue weighted by Crippen LogP contribution is -2.00. The van der Waals surface area contributed by atoms with E-state index in [1.165, 1.54) is 12.3 Å². The van der Waals surface area contributed by atoms with Crippen molar-refractivity contribution in [1.29, 1.82) is 0 Å². The number of benzene rings is 1. The van der Waals surface area contributed by atoms with Crippen LogP contribution in [0, 0.1) is 0 Å². The Kier molecular flexibility index (Phi) is 3.57. The van der Waals surface area contributed by atoms with Crippen molar-refractivity contribution in [1.82, 2.24) is 4.98 Å². The van der Waals surface area contributed by atoms with E-state index >= 15 is 0 Å². The van der Waals surface area contributed by atoms with Gasteiger partial charge < -0.3 is 9.84 Å². The molecule has 0 radical (unpaired) electrons. The van der Waals surface area contributed by atoms with Crippen molar-refractivity contribution in [3.05, 3.63) is 53.9 Å². The number of pyridine rings is 1. The van der Waals surface area contributed by atoms with Crippen LogP contribution in [0.1, 0.15) is 23.0 Å². The molecule has 1 aromatic heterocycles. The van der Waals surface area contributed by atoms with E-state index in [0.717, 1.165) is 17.7 Å². The standard InChI is InChI=1S/C14H13NO3/c1-2-10-5-3-4-6-13(10)18-11-7-8-15-12(9-11)14(16)17/h3-9H,2H2,1H3,(H,16,17). The highest BCUT2D eigenvalue weighted by atomic mass is 16.5. The number of para-hydroxylation sites is 1. The fourth-order valence-corrected chi connectivity index (χ4v) is 1.61. The Morgan fingerprint density at radius 3 is 2.83 bits per heavy atom. The second-order valence-corrected chi connectivity index (χ2v) is 3.75. The van der Waals surface area contributed by atoms with E-state index in [2.05, 4.69) is 4.98 Å². The van der Waals surface area contributed by atoms with Gasteiger partial charge in [-0.05, 0) is 24.1 Å². The maximum absolute atomic E-state index is 10.8. The van der Waals surface area contributed by atoms with Crippen LogP contribution in [-0.2, 0) is 6.42 Å². The highest BCUT2D eigenvalue weighted by Crippen LogP contribution is 2.25. The molecule has 0 unspecified atom stereocenters. The van der Waals surface area contributed by atoms with Gasteiger partial charge >= 0.3 is 5.97 Å².